The third kappa shape index (κ3) is 3.26. The van der Waals surface area contributed by atoms with Crippen molar-refractivity contribution in [1.82, 2.24) is 0 Å². The molecule has 0 amide bonds. The number of aliphatic hydroxyl groups excluding tert-OH is 4. The molecule has 0 aliphatic carbocycles. The van der Waals surface area contributed by atoms with Crippen molar-refractivity contribution in [3.8, 4) is 0 Å². The highest BCUT2D eigenvalue weighted by Gasteiger charge is 2.44. The topological polar surface area (TPSA) is 125 Å². The van der Waals surface area contributed by atoms with Crippen LogP contribution in [0.3, 0.4) is 0 Å². The summed E-state index contributed by atoms with van der Waals surface area (Å²) in [6.45, 7) is -0.376. The number of anilines is 1. The molecule has 6 N–H and O–H groups in total. The first kappa shape index (κ1) is 15.2. The summed E-state index contributed by atoms with van der Waals surface area (Å²) in [5.74, 6) is 0. The number of hydrogen-bond acceptors (Lipinski definition) is 7. The first-order chi connectivity index (χ1) is 9.52. The normalized spacial score (nSPS) is 34.1. The van der Waals surface area contributed by atoms with Gasteiger partial charge in [-0.25, -0.2) is 0 Å². The van der Waals surface area contributed by atoms with Gasteiger partial charge in [0.2, 0.25) is 0 Å². The molecule has 0 bridgehead atoms. The molecule has 20 heavy (non-hydrogen) atoms. The molecule has 1 aliphatic heterocycles. The third-order valence-corrected chi connectivity index (χ3v) is 3.26. The van der Waals surface area contributed by atoms with Gasteiger partial charge in [-0.3, -0.25) is 0 Å². The maximum Gasteiger partial charge on any atom is 0.184 e. The summed E-state index contributed by atoms with van der Waals surface area (Å²) in [6.07, 6.45) is -6.20. The van der Waals surface area contributed by atoms with Crippen LogP contribution in [-0.4, -0.2) is 57.7 Å². The van der Waals surface area contributed by atoms with Crippen LogP contribution in [0.2, 0.25) is 0 Å². The number of rotatable bonds is 4. The number of nitrogen functional groups attached to an aromatic ring is 1. The number of ether oxygens (including phenoxy) is 2. The lowest BCUT2D eigenvalue weighted by Crippen LogP contribution is -2.59. The van der Waals surface area contributed by atoms with E-state index in [0.29, 0.717) is 5.69 Å². The van der Waals surface area contributed by atoms with Crippen molar-refractivity contribution >= 4 is 5.69 Å². The Morgan fingerprint density at radius 2 is 1.75 bits per heavy atom. The Morgan fingerprint density at radius 3 is 2.35 bits per heavy atom. The molecule has 7 nitrogen and oxygen atoms in total. The lowest BCUT2D eigenvalue weighted by Gasteiger charge is -2.39. The molecule has 112 valence electrons. The van der Waals surface area contributed by atoms with Gasteiger partial charge in [0.05, 0.1) is 13.2 Å². The Bertz CT molecular complexity index is 425. The average molecular weight is 285 g/mol. The van der Waals surface area contributed by atoms with E-state index >= 15 is 0 Å². The number of aliphatic hydroxyl groups is 4. The van der Waals surface area contributed by atoms with Gasteiger partial charge in [0.25, 0.3) is 0 Å². The van der Waals surface area contributed by atoms with E-state index < -0.39 is 37.3 Å². The van der Waals surface area contributed by atoms with E-state index in [0.717, 1.165) is 5.56 Å². The van der Waals surface area contributed by atoms with Gasteiger partial charge in [-0.1, -0.05) is 12.1 Å². The predicted octanol–water partition coefficient (Wildman–Crippen LogP) is -1.41. The smallest absolute Gasteiger partial charge is 0.184 e. The molecule has 0 radical (unpaired) electrons. The summed E-state index contributed by atoms with van der Waals surface area (Å²) in [6, 6.07) is 6.93. The molecule has 1 heterocycles. The number of nitrogens with two attached hydrogens (primary N) is 1. The summed E-state index contributed by atoms with van der Waals surface area (Å²) in [4.78, 5) is 0. The third-order valence-electron chi connectivity index (χ3n) is 3.26. The molecule has 1 unspecified atom stereocenters. The van der Waals surface area contributed by atoms with Crippen molar-refractivity contribution in [1.29, 1.82) is 0 Å². The highest BCUT2D eigenvalue weighted by atomic mass is 16.7. The standard InChI is InChI=1S/C13H19NO6/c14-8-3-1-7(2-4-8)6-19-12-11(17)10(16)9(5-15)20-13(12)18/h1-4,9-13,15-18H,5-6,14H2/t9-,10-,11+,12+,13?/m1/s1. The van der Waals surface area contributed by atoms with Crippen LogP contribution in [0, 0.1) is 0 Å². The van der Waals surface area contributed by atoms with Crippen molar-refractivity contribution in [3.05, 3.63) is 29.8 Å². The molecule has 0 aromatic heterocycles. The fourth-order valence-electron chi connectivity index (χ4n) is 2.06. The van der Waals surface area contributed by atoms with Crippen molar-refractivity contribution in [2.75, 3.05) is 12.3 Å². The Hall–Kier alpha value is -1.22. The fraction of sp³-hybridized carbons (Fsp3) is 0.538. The molecule has 1 aromatic carbocycles. The lowest BCUT2D eigenvalue weighted by atomic mass is 9.99. The second-order valence-corrected chi connectivity index (χ2v) is 4.75. The van der Waals surface area contributed by atoms with Crippen molar-refractivity contribution in [2.45, 2.75) is 37.3 Å². The first-order valence-electron chi connectivity index (χ1n) is 6.29. The Morgan fingerprint density at radius 1 is 1.10 bits per heavy atom. The minimum atomic E-state index is -1.42. The largest absolute Gasteiger partial charge is 0.399 e. The quantitative estimate of drug-likeness (QED) is 0.430. The van der Waals surface area contributed by atoms with Gasteiger partial charge in [-0.15, -0.1) is 0 Å². The van der Waals surface area contributed by atoms with Crippen molar-refractivity contribution in [2.24, 2.45) is 0 Å². The summed E-state index contributed by atoms with van der Waals surface area (Å²) >= 11 is 0. The second kappa shape index (κ2) is 6.49. The molecule has 5 atom stereocenters. The molecule has 1 aliphatic rings. The zero-order valence-corrected chi connectivity index (χ0v) is 10.8. The Labute approximate surface area is 116 Å². The maximum atomic E-state index is 9.89. The fourth-order valence-corrected chi connectivity index (χ4v) is 2.06. The summed E-state index contributed by atoms with van der Waals surface area (Å²) in [7, 11) is 0. The van der Waals surface area contributed by atoms with Crippen LogP contribution in [0.15, 0.2) is 24.3 Å². The van der Waals surface area contributed by atoms with E-state index in [-0.39, 0.29) is 6.61 Å². The van der Waals surface area contributed by atoms with Crippen molar-refractivity contribution in [3.63, 3.8) is 0 Å². The Balaban J connectivity index is 1.96. The van der Waals surface area contributed by atoms with Crippen molar-refractivity contribution < 1.29 is 29.9 Å². The molecular formula is C13H19NO6. The van der Waals surface area contributed by atoms with Gasteiger partial charge in [0.1, 0.15) is 24.4 Å². The molecule has 0 spiro atoms. The first-order valence-corrected chi connectivity index (χ1v) is 6.29. The second-order valence-electron chi connectivity index (χ2n) is 4.75. The minimum Gasteiger partial charge on any atom is -0.399 e. The minimum absolute atomic E-state index is 0.124. The molecule has 7 heteroatoms. The van der Waals surface area contributed by atoms with E-state index in [1.54, 1.807) is 24.3 Å². The van der Waals surface area contributed by atoms with Gasteiger partial charge in [0.15, 0.2) is 6.29 Å². The molecule has 1 aromatic rings. The van der Waals surface area contributed by atoms with E-state index in [4.69, 9.17) is 20.3 Å². The monoisotopic (exact) mass is 285 g/mol. The SMILES string of the molecule is Nc1ccc(CO[C@@H]2C(O)O[C@H](CO)[C@@H](O)[C@@H]2O)cc1. The molecule has 2 rings (SSSR count). The zero-order chi connectivity index (χ0) is 14.7. The van der Waals surface area contributed by atoms with E-state index in [1.165, 1.54) is 0 Å². The molecular weight excluding hydrogens is 266 g/mol. The number of benzene rings is 1. The molecule has 1 fully saturated rings. The molecule has 0 saturated carbocycles. The van der Waals surface area contributed by atoms with Gasteiger partial charge in [-0.05, 0) is 17.7 Å². The van der Waals surface area contributed by atoms with Crippen LogP contribution in [0.5, 0.6) is 0 Å². The predicted molar refractivity (Wildman–Crippen MR) is 69.4 cm³/mol. The number of hydrogen-bond donors (Lipinski definition) is 5. The van der Waals surface area contributed by atoms with Gasteiger partial charge in [-0.2, -0.15) is 0 Å². The highest BCUT2D eigenvalue weighted by Crippen LogP contribution is 2.23. The van der Waals surface area contributed by atoms with Crippen LogP contribution in [0.4, 0.5) is 5.69 Å². The Kier molecular flexibility index (Phi) is 4.92. The lowest BCUT2D eigenvalue weighted by molar-refractivity contribution is -0.298. The molecule has 1 saturated heterocycles. The van der Waals surface area contributed by atoms with Crippen LogP contribution in [-0.2, 0) is 16.1 Å². The van der Waals surface area contributed by atoms with E-state index in [1.807, 2.05) is 0 Å². The zero-order valence-electron chi connectivity index (χ0n) is 10.8. The maximum absolute atomic E-state index is 9.89. The van der Waals surface area contributed by atoms with Crippen LogP contribution in [0.25, 0.3) is 0 Å². The average Bonchev–Trinajstić information content (AvgIpc) is 2.44. The van der Waals surface area contributed by atoms with Crippen LogP contribution >= 0.6 is 0 Å². The van der Waals surface area contributed by atoms with E-state index in [2.05, 4.69) is 0 Å². The van der Waals surface area contributed by atoms with Crippen LogP contribution in [0.1, 0.15) is 5.56 Å². The van der Waals surface area contributed by atoms with Crippen LogP contribution < -0.4 is 5.73 Å². The highest BCUT2D eigenvalue weighted by molar-refractivity contribution is 5.39. The summed E-state index contributed by atoms with van der Waals surface area (Å²) in [5.41, 5.74) is 6.99. The van der Waals surface area contributed by atoms with Gasteiger partial charge < -0.3 is 35.6 Å². The summed E-state index contributed by atoms with van der Waals surface area (Å²) in [5, 5.41) is 38.3. The van der Waals surface area contributed by atoms with E-state index in [9.17, 15) is 15.3 Å². The van der Waals surface area contributed by atoms with Gasteiger partial charge in [0, 0.05) is 5.69 Å². The van der Waals surface area contributed by atoms with Gasteiger partial charge >= 0.3 is 0 Å². The summed E-state index contributed by atoms with van der Waals surface area (Å²) < 4.78 is 10.4.